The summed E-state index contributed by atoms with van der Waals surface area (Å²) in [6.07, 6.45) is 5.24. The Labute approximate surface area is 185 Å². The molecule has 0 amide bonds. The van der Waals surface area contributed by atoms with Crippen LogP contribution in [0.3, 0.4) is 0 Å². The Morgan fingerprint density at radius 2 is 1.77 bits per heavy atom. The highest BCUT2D eigenvalue weighted by molar-refractivity contribution is 6.36. The van der Waals surface area contributed by atoms with Gasteiger partial charge in [-0.05, 0) is 36.2 Å². The minimum absolute atomic E-state index is 0.0400. The number of benzene rings is 2. The van der Waals surface area contributed by atoms with Crippen molar-refractivity contribution in [1.82, 2.24) is 9.55 Å². The molecule has 0 N–H and O–H groups in total. The lowest BCUT2D eigenvalue weighted by molar-refractivity contribution is 0.0993. The van der Waals surface area contributed by atoms with Crippen molar-refractivity contribution in [3.8, 4) is 5.75 Å². The van der Waals surface area contributed by atoms with E-state index < -0.39 is 0 Å². The molecule has 0 saturated heterocycles. The number of fused-ring (bicyclic) bond motifs is 1. The number of ether oxygens (including phenoxy) is 1. The SMILES string of the molecule is COc1ccc(Cn2cc(C)c3ccc(C(=O)Cc4c(Cl)cncc4Cl)cc32)cc1. The number of aryl methyl sites for hydroxylation is 1. The number of pyridine rings is 1. The Kier molecular flexibility index (Phi) is 5.80. The molecule has 0 fully saturated rings. The van der Waals surface area contributed by atoms with E-state index in [1.54, 1.807) is 7.11 Å². The first-order chi connectivity index (χ1) is 14.5. The number of hydrogen-bond donors (Lipinski definition) is 0. The third-order valence-corrected chi connectivity index (χ3v) is 5.86. The number of carbonyl (C=O) groups excluding carboxylic acids is 1. The molecule has 2 heterocycles. The number of halogens is 2. The van der Waals surface area contributed by atoms with Crippen molar-refractivity contribution in [2.24, 2.45) is 0 Å². The average molecular weight is 439 g/mol. The highest BCUT2D eigenvalue weighted by atomic mass is 35.5. The van der Waals surface area contributed by atoms with Crippen molar-refractivity contribution in [2.75, 3.05) is 7.11 Å². The maximum absolute atomic E-state index is 12.9. The smallest absolute Gasteiger partial charge is 0.167 e. The van der Waals surface area contributed by atoms with Gasteiger partial charge in [0.2, 0.25) is 0 Å². The van der Waals surface area contributed by atoms with Crippen LogP contribution in [0.15, 0.2) is 61.1 Å². The molecule has 0 spiro atoms. The molecule has 4 aromatic rings. The summed E-state index contributed by atoms with van der Waals surface area (Å²) in [4.78, 5) is 16.9. The number of nitrogens with zero attached hydrogens (tertiary/aromatic N) is 2. The van der Waals surface area contributed by atoms with Gasteiger partial charge >= 0.3 is 0 Å². The van der Waals surface area contributed by atoms with E-state index in [2.05, 4.69) is 22.7 Å². The van der Waals surface area contributed by atoms with Crippen LogP contribution in [0, 0.1) is 6.92 Å². The monoisotopic (exact) mass is 438 g/mol. The highest BCUT2D eigenvalue weighted by Crippen LogP contribution is 2.27. The van der Waals surface area contributed by atoms with Crippen molar-refractivity contribution >= 4 is 39.9 Å². The van der Waals surface area contributed by atoms with Crippen molar-refractivity contribution in [2.45, 2.75) is 19.9 Å². The Morgan fingerprint density at radius 3 is 2.43 bits per heavy atom. The quantitative estimate of drug-likeness (QED) is 0.339. The summed E-state index contributed by atoms with van der Waals surface area (Å²) >= 11 is 12.4. The highest BCUT2D eigenvalue weighted by Gasteiger charge is 2.15. The molecule has 0 atom stereocenters. The predicted octanol–water partition coefficient (Wildman–Crippen LogP) is 6.13. The van der Waals surface area contributed by atoms with Crippen molar-refractivity contribution in [1.29, 1.82) is 0 Å². The molecule has 152 valence electrons. The first-order valence-electron chi connectivity index (χ1n) is 9.49. The molecule has 2 aromatic heterocycles. The van der Waals surface area contributed by atoms with Gasteiger partial charge < -0.3 is 9.30 Å². The maximum Gasteiger partial charge on any atom is 0.167 e. The zero-order valence-electron chi connectivity index (χ0n) is 16.7. The molecule has 0 aliphatic carbocycles. The van der Waals surface area contributed by atoms with E-state index in [1.807, 2.05) is 42.5 Å². The number of aromatic nitrogens is 2. The van der Waals surface area contributed by atoms with Gasteiger partial charge in [0, 0.05) is 53.6 Å². The fourth-order valence-electron chi connectivity index (χ4n) is 3.58. The summed E-state index contributed by atoms with van der Waals surface area (Å²) in [6.45, 7) is 2.78. The minimum atomic E-state index is -0.0400. The molecule has 6 heteroatoms. The van der Waals surface area contributed by atoms with Crippen LogP contribution >= 0.6 is 23.2 Å². The largest absolute Gasteiger partial charge is 0.497 e. The van der Waals surface area contributed by atoms with Crippen LogP contribution in [-0.4, -0.2) is 22.4 Å². The van der Waals surface area contributed by atoms with E-state index in [4.69, 9.17) is 27.9 Å². The lowest BCUT2D eigenvalue weighted by Gasteiger charge is -2.09. The van der Waals surface area contributed by atoms with Crippen LogP contribution < -0.4 is 4.74 Å². The van der Waals surface area contributed by atoms with Crippen LogP contribution in [0.2, 0.25) is 10.0 Å². The van der Waals surface area contributed by atoms with Gasteiger partial charge in [-0.2, -0.15) is 0 Å². The third-order valence-electron chi connectivity index (χ3n) is 5.21. The van der Waals surface area contributed by atoms with Gasteiger partial charge in [-0.25, -0.2) is 0 Å². The molecular formula is C24H20Cl2N2O2. The van der Waals surface area contributed by atoms with E-state index in [0.717, 1.165) is 27.8 Å². The summed E-state index contributed by atoms with van der Waals surface area (Å²) in [7, 11) is 1.66. The molecule has 0 saturated carbocycles. The molecule has 4 nitrogen and oxygen atoms in total. The lowest BCUT2D eigenvalue weighted by Crippen LogP contribution is -2.06. The summed E-state index contributed by atoms with van der Waals surface area (Å²) in [5.41, 5.74) is 4.56. The minimum Gasteiger partial charge on any atom is -0.497 e. The number of Topliss-reactive ketones (excluding diaryl/α,β-unsaturated/α-hetero) is 1. The van der Waals surface area contributed by atoms with Crippen LogP contribution in [0.4, 0.5) is 0 Å². The van der Waals surface area contributed by atoms with Crippen LogP contribution in [0.25, 0.3) is 10.9 Å². The zero-order chi connectivity index (χ0) is 21.3. The van der Waals surface area contributed by atoms with E-state index in [1.165, 1.54) is 12.4 Å². The van der Waals surface area contributed by atoms with Crippen molar-refractivity contribution in [3.05, 3.63) is 93.4 Å². The molecule has 30 heavy (non-hydrogen) atoms. The van der Waals surface area contributed by atoms with Gasteiger partial charge in [0.05, 0.1) is 17.2 Å². The number of ketones is 1. The molecule has 0 aliphatic heterocycles. The van der Waals surface area contributed by atoms with Crippen molar-refractivity contribution in [3.63, 3.8) is 0 Å². The second-order valence-electron chi connectivity index (χ2n) is 7.20. The molecule has 0 radical (unpaired) electrons. The van der Waals surface area contributed by atoms with E-state index >= 15 is 0 Å². The second-order valence-corrected chi connectivity index (χ2v) is 8.02. The zero-order valence-corrected chi connectivity index (χ0v) is 18.2. The van der Waals surface area contributed by atoms with Gasteiger partial charge in [0.25, 0.3) is 0 Å². The van der Waals surface area contributed by atoms with Crippen LogP contribution in [0.1, 0.15) is 27.0 Å². The average Bonchev–Trinajstić information content (AvgIpc) is 3.06. The molecule has 0 bridgehead atoms. The summed E-state index contributed by atoms with van der Waals surface area (Å²) < 4.78 is 7.40. The summed E-state index contributed by atoms with van der Waals surface area (Å²) in [6, 6.07) is 13.8. The van der Waals surface area contributed by atoms with Gasteiger partial charge in [0.1, 0.15) is 5.75 Å². The topological polar surface area (TPSA) is 44.1 Å². The Hall–Kier alpha value is -2.82. The fourth-order valence-corrected chi connectivity index (χ4v) is 4.08. The number of hydrogen-bond acceptors (Lipinski definition) is 3. The second kappa shape index (κ2) is 8.50. The van der Waals surface area contributed by atoms with Crippen molar-refractivity contribution < 1.29 is 9.53 Å². The van der Waals surface area contributed by atoms with E-state index in [9.17, 15) is 4.79 Å². The van der Waals surface area contributed by atoms with Gasteiger partial charge in [-0.15, -0.1) is 0 Å². The summed E-state index contributed by atoms with van der Waals surface area (Å²) in [5.74, 6) is 0.787. The fraction of sp³-hybridized carbons (Fsp3) is 0.167. The van der Waals surface area contributed by atoms with Gasteiger partial charge in [0.15, 0.2) is 5.78 Å². The third kappa shape index (κ3) is 4.07. The first-order valence-corrected chi connectivity index (χ1v) is 10.3. The van der Waals surface area contributed by atoms with Gasteiger partial charge in [-0.3, -0.25) is 9.78 Å². The van der Waals surface area contributed by atoms with Crippen LogP contribution in [0.5, 0.6) is 5.75 Å². The lowest BCUT2D eigenvalue weighted by atomic mass is 10.0. The molecule has 0 aliphatic rings. The maximum atomic E-state index is 12.9. The summed E-state index contributed by atoms with van der Waals surface area (Å²) in [5, 5.41) is 1.92. The molecule has 4 rings (SSSR count). The van der Waals surface area contributed by atoms with E-state index in [-0.39, 0.29) is 12.2 Å². The Bertz CT molecular complexity index is 1210. The normalized spacial score (nSPS) is 11.1. The Morgan fingerprint density at radius 1 is 1.07 bits per heavy atom. The number of carbonyl (C=O) groups is 1. The standard InChI is InChI=1S/C24H20Cl2N2O2/c1-15-13-28(14-16-3-6-18(30-2)7-4-16)23-9-17(5-8-19(15)23)24(29)10-20-21(25)11-27-12-22(20)26/h3-9,11-13H,10,14H2,1-2H3. The number of rotatable bonds is 6. The first kappa shape index (κ1) is 20.5. The van der Waals surface area contributed by atoms with E-state index in [0.29, 0.717) is 27.7 Å². The molecular weight excluding hydrogens is 419 g/mol. The van der Waals surface area contributed by atoms with Gasteiger partial charge in [-0.1, -0.05) is 47.5 Å². The molecule has 2 aromatic carbocycles. The Balaban J connectivity index is 1.65. The van der Waals surface area contributed by atoms with Crippen LogP contribution in [-0.2, 0) is 13.0 Å². The number of methoxy groups -OCH3 is 1. The molecule has 0 unspecified atom stereocenters. The predicted molar refractivity (Wildman–Crippen MR) is 121 cm³/mol.